The minimum Gasteiger partial charge on any atom is -0.353 e. The summed E-state index contributed by atoms with van der Waals surface area (Å²) in [6.07, 6.45) is 2.90. The molecule has 6 nitrogen and oxygen atoms in total. The summed E-state index contributed by atoms with van der Waals surface area (Å²) in [5.74, 6) is 0.0963. The number of hydrogen-bond donors (Lipinski definition) is 2. The lowest BCUT2D eigenvalue weighted by Gasteiger charge is -2.11. The van der Waals surface area contributed by atoms with Gasteiger partial charge in [0.2, 0.25) is 5.95 Å². The maximum absolute atomic E-state index is 12.2. The number of carbonyl (C=O) groups is 1. The highest BCUT2D eigenvalue weighted by molar-refractivity contribution is 6.40. The van der Waals surface area contributed by atoms with Crippen LogP contribution >= 0.6 is 23.2 Å². The van der Waals surface area contributed by atoms with Crippen LogP contribution in [-0.4, -0.2) is 48.0 Å². The molecule has 0 spiro atoms. The molecule has 2 N–H and O–H groups in total. The maximum Gasteiger partial charge on any atom is 0.258 e. The molecule has 0 saturated heterocycles. The molecule has 1 amide bonds. The van der Waals surface area contributed by atoms with Crippen LogP contribution in [0.1, 0.15) is 10.4 Å². The van der Waals surface area contributed by atoms with Crippen molar-refractivity contribution in [3.8, 4) is 0 Å². The van der Waals surface area contributed by atoms with Crippen molar-refractivity contribution in [3.63, 3.8) is 0 Å². The third kappa shape index (κ3) is 5.06. The van der Waals surface area contributed by atoms with E-state index in [0.29, 0.717) is 33.8 Å². The second-order valence-electron chi connectivity index (χ2n) is 5.08. The van der Waals surface area contributed by atoms with Crippen molar-refractivity contribution in [2.24, 2.45) is 0 Å². The van der Waals surface area contributed by atoms with Crippen LogP contribution in [0, 0.1) is 0 Å². The number of aromatic nitrogens is 2. The van der Waals surface area contributed by atoms with E-state index in [2.05, 4.69) is 20.6 Å². The zero-order chi connectivity index (χ0) is 16.8. The number of anilines is 2. The Bertz CT molecular complexity index is 656. The van der Waals surface area contributed by atoms with Crippen molar-refractivity contribution in [3.05, 3.63) is 46.2 Å². The lowest BCUT2D eigenvalue weighted by molar-refractivity contribution is 0.102. The number of benzene rings is 1. The molecule has 0 saturated carbocycles. The molecule has 0 aliphatic heterocycles. The Kier molecular flexibility index (Phi) is 6.15. The molecule has 8 heteroatoms. The lowest BCUT2D eigenvalue weighted by atomic mass is 10.2. The molecule has 0 fully saturated rings. The van der Waals surface area contributed by atoms with E-state index in [1.165, 1.54) is 12.4 Å². The van der Waals surface area contributed by atoms with Crippen molar-refractivity contribution >= 4 is 40.7 Å². The Labute approximate surface area is 144 Å². The fourth-order valence-electron chi connectivity index (χ4n) is 1.73. The Morgan fingerprint density at radius 3 is 2.35 bits per heavy atom. The van der Waals surface area contributed by atoms with Gasteiger partial charge in [-0.25, -0.2) is 9.97 Å². The summed E-state index contributed by atoms with van der Waals surface area (Å²) in [5, 5.41) is 6.47. The van der Waals surface area contributed by atoms with E-state index in [9.17, 15) is 4.79 Å². The van der Waals surface area contributed by atoms with Crippen LogP contribution in [0.25, 0.3) is 0 Å². The first-order valence-electron chi connectivity index (χ1n) is 6.93. The second kappa shape index (κ2) is 8.10. The molecular formula is C15H17Cl2N5O. The minimum atomic E-state index is -0.375. The van der Waals surface area contributed by atoms with E-state index >= 15 is 0 Å². The van der Waals surface area contributed by atoms with Gasteiger partial charge in [0.05, 0.1) is 21.3 Å². The Balaban J connectivity index is 2.00. The van der Waals surface area contributed by atoms with E-state index in [4.69, 9.17) is 23.2 Å². The van der Waals surface area contributed by atoms with Gasteiger partial charge in [0, 0.05) is 25.5 Å². The van der Waals surface area contributed by atoms with Crippen molar-refractivity contribution in [1.29, 1.82) is 0 Å². The topological polar surface area (TPSA) is 70.2 Å². The molecule has 23 heavy (non-hydrogen) atoms. The highest BCUT2D eigenvalue weighted by atomic mass is 35.5. The molecule has 0 atom stereocenters. The smallest absolute Gasteiger partial charge is 0.258 e. The molecule has 2 aromatic rings. The number of halogens is 2. The molecule has 0 radical (unpaired) electrons. The predicted octanol–water partition coefficient (Wildman–Crippen LogP) is 3.01. The maximum atomic E-state index is 12.2. The quantitative estimate of drug-likeness (QED) is 0.835. The molecule has 0 aliphatic carbocycles. The number of nitrogens with zero attached hydrogens (tertiary/aromatic N) is 3. The van der Waals surface area contributed by atoms with E-state index in [0.717, 1.165) is 6.54 Å². The van der Waals surface area contributed by atoms with Crippen molar-refractivity contribution in [2.75, 3.05) is 37.8 Å². The van der Waals surface area contributed by atoms with Crippen molar-refractivity contribution in [2.45, 2.75) is 0 Å². The molecular weight excluding hydrogens is 337 g/mol. The fourth-order valence-corrected chi connectivity index (χ4v) is 2.22. The number of carbonyl (C=O) groups excluding carboxylic acids is 1. The molecule has 122 valence electrons. The molecule has 1 aromatic carbocycles. The van der Waals surface area contributed by atoms with Crippen LogP contribution in [-0.2, 0) is 0 Å². The third-order valence-corrected chi connectivity index (χ3v) is 3.59. The van der Waals surface area contributed by atoms with Crippen LogP contribution in [0.3, 0.4) is 0 Å². The second-order valence-corrected chi connectivity index (χ2v) is 5.89. The Morgan fingerprint density at radius 1 is 1.17 bits per heavy atom. The summed E-state index contributed by atoms with van der Waals surface area (Å²) in [6.45, 7) is 1.57. The zero-order valence-electron chi connectivity index (χ0n) is 12.8. The molecule has 0 aliphatic rings. The standard InChI is InChI=1S/C15H17Cl2N5O/c1-22(2)7-6-18-15-19-8-10(9-20-15)14(23)21-13-11(16)4-3-5-12(13)17/h3-5,8-9H,6-7H2,1-2H3,(H,21,23)(H,18,19,20). The largest absolute Gasteiger partial charge is 0.353 e. The normalized spacial score (nSPS) is 10.7. The summed E-state index contributed by atoms with van der Waals surface area (Å²) >= 11 is 12.0. The first-order valence-corrected chi connectivity index (χ1v) is 7.69. The van der Waals surface area contributed by atoms with Crippen LogP contribution in [0.4, 0.5) is 11.6 Å². The number of hydrogen-bond acceptors (Lipinski definition) is 5. The zero-order valence-corrected chi connectivity index (χ0v) is 14.3. The Morgan fingerprint density at radius 2 is 1.78 bits per heavy atom. The number of amides is 1. The van der Waals surface area contributed by atoms with Crippen molar-refractivity contribution in [1.82, 2.24) is 14.9 Å². The molecule has 1 heterocycles. The third-order valence-electron chi connectivity index (χ3n) is 2.96. The molecule has 0 unspecified atom stereocenters. The summed E-state index contributed by atoms with van der Waals surface area (Å²) < 4.78 is 0. The number of para-hydroxylation sites is 1. The van der Waals surface area contributed by atoms with Crippen LogP contribution in [0.5, 0.6) is 0 Å². The average Bonchev–Trinajstić information content (AvgIpc) is 2.51. The first kappa shape index (κ1) is 17.5. The van der Waals surface area contributed by atoms with Gasteiger partial charge in [0.25, 0.3) is 5.91 Å². The summed E-state index contributed by atoms with van der Waals surface area (Å²) in [7, 11) is 3.96. The molecule has 1 aromatic heterocycles. The van der Waals surface area contributed by atoms with E-state index in [1.807, 2.05) is 19.0 Å². The Hall–Kier alpha value is -1.89. The van der Waals surface area contributed by atoms with Gasteiger partial charge < -0.3 is 15.5 Å². The number of likely N-dealkylation sites (N-methyl/N-ethyl adjacent to an activating group) is 1. The van der Waals surface area contributed by atoms with Crippen LogP contribution < -0.4 is 10.6 Å². The number of rotatable bonds is 6. The summed E-state index contributed by atoms with van der Waals surface area (Å²) in [6, 6.07) is 5.01. The van der Waals surface area contributed by atoms with Gasteiger partial charge in [-0.2, -0.15) is 0 Å². The fraction of sp³-hybridized carbons (Fsp3) is 0.267. The van der Waals surface area contributed by atoms with Crippen LogP contribution in [0.2, 0.25) is 10.0 Å². The number of nitrogens with one attached hydrogen (secondary N) is 2. The van der Waals surface area contributed by atoms with E-state index in [1.54, 1.807) is 18.2 Å². The monoisotopic (exact) mass is 353 g/mol. The highest BCUT2D eigenvalue weighted by Gasteiger charge is 2.12. The van der Waals surface area contributed by atoms with Crippen LogP contribution in [0.15, 0.2) is 30.6 Å². The first-order chi connectivity index (χ1) is 11.0. The predicted molar refractivity (Wildman–Crippen MR) is 93.5 cm³/mol. The SMILES string of the molecule is CN(C)CCNc1ncc(C(=O)Nc2c(Cl)cccc2Cl)cn1. The van der Waals surface area contributed by atoms with Gasteiger partial charge in [-0.05, 0) is 26.2 Å². The van der Waals surface area contributed by atoms with Gasteiger partial charge in [0.1, 0.15) is 0 Å². The van der Waals surface area contributed by atoms with Gasteiger partial charge in [-0.1, -0.05) is 29.3 Å². The van der Waals surface area contributed by atoms with E-state index < -0.39 is 0 Å². The minimum absolute atomic E-state index is 0.319. The van der Waals surface area contributed by atoms with E-state index in [-0.39, 0.29) is 5.91 Å². The van der Waals surface area contributed by atoms with Gasteiger partial charge in [0.15, 0.2) is 0 Å². The molecule has 2 rings (SSSR count). The van der Waals surface area contributed by atoms with Crippen molar-refractivity contribution < 1.29 is 4.79 Å². The van der Waals surface area contributed by atoms with Gasteiger partial charge in [-0.15, -0.1) is 0 Å². The summed E-state index contributed by atoms with van der Waals surface area (Å²) in [4.78, 5) is 22.5. The molecule has 0 bridgehead atoms. The van der Waals surface area contributed by atoms with Gasteiger partial charge >= 0.3 is 0 Å². The summed E-state index contributed by atoms with van der Waals surface area (Å²) in [5.41, 5.74) is 0.688. The average molecular weight is 354 g/mol. The lowest BCUT2D eigenvalue weighted by Crippen LogP contribution is -2.21. The highest BCUT2D eigenvalue weighted by Crippen LogP contribution is 2.30. The van der Waals surface area contributed by atoms with Gasteiger partial charge in [-0.3, -0.25) is 4.79 Å².